The summed E-state index contributed by atoms with van der Waals surface area (Å²) in [5.74, 6) is 1.35. The molecule has 0 radical (unpaired) electrons. The molecular formula is C16H16N2O. The first-order valence-electron chi connectivity index (χ1n) is 6.15. The summed E-state index contributed by atoms with van der Waals surface area (Å²) in [6.45, 7) is 7.76. The van der Waals surface area contributed by atoms with Crippen LogP contribution in [0.2, 0.25) is 0 Å². The Morgan fingerprint density at radius 1 is 1.11 bits per heavy atom. The van der Waals surface area contributed by atoms with Gasteiger partial charge in [-0.05, 0) is 44.9 Å². The van der Waals surface area contributed by atoms with E-state index in [9.17, 15) is 5.26 Å². The quantitative estimate of drug-likeness (QED) is 0.812. The summed E-state index contributed by atoms with van der Waals surface area (Å²) < 4.78 is 5.91. The maximum absolute atomic E-state index is 9.22. The van der Waals surface area contributed by atoms with Gasteiger partial charge < -0.3 is 4.74 Å². The molecule has 0 saturated carbocycles. The maximum atomic E-state index is 9.22. The van der Waals surface area contributed by atoms with E-state index in [0.29, 0.717) is 17.0 Å². The SMILES string of the molecule is Cc1cc(Oc2cccc(C)c2C)c(C#N)c(C)n1. The smallest absolute Gasteiger partial charge is 0.148 e. The van der Waals surface area contributed by atoms with Crippen LogP contribution in [0.1, 0.15) is 28.1 Å². The van der Waals surface area contributed by atoms with Crippen LogP contribution in [0, 0.1) is 39.0 Å². The van der Waals surface area contributed by atoms with Crippen LogP contribution in [0.25, 0.3) is 0 Å². The largest absolute Gasteiger partial charge is 0.456 e. The number of aromatic nitrogens is 1. The third kappa shape index (κ3) is 2.58. The summed E-state index contributed by atoms with van der Waals surface area (Å²) in [5, 5.41) is 9.22. The second-order valence-corrected chi connectivity index (χ2v) is 4.63. The monoisotopic (exact) mass is 252 g/mol. The molecule has 0 bridgehead atoms. The van der Waals surface area contributed by atoms with Crippen molar-refractivity contribution in [3.8, 4) is 17.6 Å². The molecule has 1 heterocycles. The predicted molar refractivity (Wildman–Crippen MR) is 74.4 cm³/mol. The van der Waals surface area contributed by atoms with Crippen molar-refractivity contribution in [2.45, 2.75) is 27.7 Å². The Morgan fingerprint density at radius 2 is 1.84 bits per heavy atom. The third-order valence-electron chi connectivity index (χ3n) is 3.18. The van der Waals surface area contributed by atoms with Crippen molar-refractivity contribution >= 4 is 0 Å². The van der Waals surface area contributed by atoms with Gasteiger partial charge in [-0.1, -0.05) is 12.1 Å². The molecule has 1 aromatic carbocycles. The zero-order valence-corrected chi connectivity index (χ0v) is 11.6. The lowest BCUT2D eigenvalue weighted by atomic mass is 10.1. The van der Waals surface area contributed by atoms with E-state index in [1.165, 1.54) is 5.56 Å². The summed E-state index contributed by atoms with van der Waals surface area (Å²) in [5.41, 5.74) is 4.28. The minimum atomic E-state index is 0.492. The first-order chi connectivity index (χ1) is 9.02. The van der Waals surface area contributed by atoms with E-state index in [1.54, 1.807) is 6.07 Å². The standard InChI is InChI=1S/C16H16N2O/c1-10-6-5-7-15(12(10)3)19-16-8-11(2)18-13(4)14(16)9-17/h5-8H,1-4H3. The molecule has 0 unspecified atom stereocenters. The first kappa shape index (κ1) is 13.1. The number of rotatable bonds is 2. The highest BCUT2D eigenvalue weighted by atomic mass is 16.5. The molecule has 0 atom stereocenters. The molecule has 0 aliphatic heterocycles. The van der Waals surface area contributed by atoms with Gasteiger partial charge in [0.15, 0.2) is 0 Å². The molecule has 2 aromatic rings. The lowest BCUT2D eigenvalue weighted by molar-refractivity contribution is 0.475. The third-order valence-corrected chi connectivity index (χ3v) is 3.18. The zero-order valence-electron chi connectivity index (χ0n) is 11.6. The molecule has 0 aliphatic rings. The molecule has 19 heavy (non-hydrogen) atoms. The summed E-state index contributed by atoms with van der Waals surface area (Å²) >= 11 is 0. The fourth-order valence-electron chi connectivity index (χ4n) is 1.96. The summed E-state index contributed by atoms with van der Waals surface area (Å²) in [7, 11) is 0. The number of nitrogens with zero attached hydrogens (tertiary/aromatic N) is 2. The Labute approximate surface area is 113 Å². The molecule has 3 nitrogen and oxygen atoms in total. The Kier molecular flexibility index (Phi) is 3.52. The van der Waals surface area contributed by atoms with Gasteiger partial charge in [0.1, 0.15) is 23.1 Å². The van der Waals surface area contributed by atoms with Crippen LogP contribution in [0.3, 0.4) is 0 Å². The molecule has 0 saturated heterocycles. The number of benzene rings is 1. The van der Waals surface area contributed by atoms with E-state index in [-0.39, 0.29) is 0 Å². The maximum Gasteiger partial charge on any atom is 0.148 e. The van der Waals surface area contributed by atoms with Crippen molar-refractivity contribution in [3.63, 3.8) is 0 Å². The fourth-order valence-corrected chi connectivity index (χ4v) is 1.96. The molecule has 96 valence electrons. The van der Waals surface area contributed by atoms with Gasteiger partial charge in [0.05, 0.1) is 5.69 Å². The lowest BCUT2D eigenvalue weighted by Crippen LogP contribution is -1.97. The summed E-state index contributed by atoms with van der Waals surface area (Å²) in [4.78, 5) is 4.28. The number of nitriles is 1. The predicted octanol–water partition coefficient (Wildman–Crippen LogP) is 3.98. The van der Waals surface area contributed by atoms with Gasteiger partial charge in [0.25, 0.3) is 0 Å². The van der Waals surface area contributed by atoms with Gasteiger partial charge in [-0.25, -0.2) is 0 Å². The molecule has 2 rings (SSSR count). The second kappa shape index (κ2) is 5.11. The van der Waals surface area contributed by atoms with E-state index in [0.717, 1.165) is 17.0 Å². The van der Waals surface area contributed by atoms with Crippen molar-refractivity contribution in [3.05, 3.63) is 52.3 Å². The Hall–Kier alpha value is -2.34. The van der Waals surface area contributed by atoms with Crippen molar-refractivity contribution < 1.29 is 4.74 Å². The van der Waals surface area contributed by atoms with Crippen LogP contribution in [-0.2, 0) is 0 Å². The van der Waals surface area contributed by atoms with Gasteiger partial charge in [-0.15, -0.1) is 0 Å². The zero-order chi connectivity index (χ0) is 14.0. The number of hydrogen-bond donors (Lipinski definition) is 0. The van der Waals surface area contributed by atoms with Gasteiger partial charge in [0.2, 0.25) is 0 Å². The lowest BCUT2D eigenvalue weighted by Gasteiger charge is -2.13. The molecular weight excluding hydrogens is 236 g/mol. The molecule has 0 spiro atoms. The number of aryl methyl sites for hydroxylation is 3. The van der Waals surface area contributed by atoms with Crippen LogP contribution < -0.4 is 4.74 Å². The van der Waals surface area contributed by atoms with Gasteiger partial charge in [0, 0.05) is 11.8 Å². The normalized spacial score (nSPS) is 10.1. The molecule has 1 aromatic heterocycles. The first-order valence-corrected chi connectivity index (χ1v) is 6.15. The van der Waals surface area contributed by atoms with Crippen LogP contribution in [0.4, 0.5) is 0 Å². The number of hydrogen-bond acceptors (Lipinski definition) is 3. The van der Waals surface area contributed by atoms with Crippen molar-refractivity contribution in [1.82, 2.24) is 4.98 Å². The average Bonchev–Trinajstić information content (AvgIpc) is 2.34. The summed E-state index contributed by atoms with van der Waals surface area (Å²) in [6.07, 6.45) is 0. The second-order valence-electron chi connectivity index (χ2n) is 4.63. The van der Waals surface area contributed by atoms with Crippen molar-refractivity contribution in [2.24, 2.45) is 0 Å². The summed E-state index contributed by atoms with van der Waals surface area (Å²) in [6, 6.07) is 9.86. The van der Waals surface area contributed by atoms with Crippen LogP contribution in [0.15, 0.2) is 24.3 Å². The highest BCUT2D eigenvalue weighted by Crippen LogP contribution is 2.30. The van der Waals surface area contributed by atoms with E-state index in [4.69, 9.17) is 4.74 Å². The number of pyridine rings is 1. The van der Waals surface area contributed by atoms with Gasteiger partial charge >= 0.3 is 0 Å². The topological polar surface area (TPSA) is 45.9 Å². The molecule has 0 fully saturated rings. The highest BCUT2D eigenvalue weighted by Gasteiger charge is 2.11. The van der Waals surface area contributed by atoms with Crippen molar-refractivity contribution in [2.75, 3.05) is 0 Å². The molecule has 3 heteroatoms. The van der Waals surface area contributed by atoms with Crippen LogP contribution in [-0.4, -0.2) is 4.98 Å². The van der Waals surface area contributed by atoms with E-state index in [2.05, 4.69) is 11.1 Å². The van der Waals surface area contributed by atoms with Crippen LogP contribution in [0.5, 0.6) is 11.5 Å². The Morgan fingerprint density at radius 3 is 2.53 bits per heavy atom. The average molecular weight is 252 g/mol. The molecule has 0 aliphatic carbocycles. The number of ether oxygens (including phenoxy) is 1. The highest BCUT2D eigenvalue weighted by molar-refractivity contribution is 5.50. The van der Waals surface area contributed by atoms with Crippen LogP contribution >= 0.6 is 0 Å². The minimum Gasteiger partial charge on any atom is -0.456 e. The molecule has 0 amide bonds. The Bertz CT molecular complexity index is 669. The minimum absolute atomic E-state index is 0.492. The fraction of sp³-hybridized carbons (Fsp3) is 0.250. The van der Waals surface area contributed by atoms with E-state index < -0.39 is 0 Å². The van der Waals surface area contributed by atoms with E-state index >= 15 is 0 Å². The van der Waals surface area contributed by atoms with E-state index in [1.807, 2.05) is 45.9 Å². The van der Waals surface area contributed by atoms with Gasteiger partial charge in [-0.2, -0.15) is 5.26 Å². The molecule has 0 N–H and O–H groups in total. The van der Waals surface area contributed by atoms with Gasteiger partial charge in [-0.3, -0.25) is 4.98 Å². The van der Waals surface area contributed by atoms with Crippen molar-refractivity contribution in [1.29, 1.82) is 5.26 Å². The Balaban J connectivity index is 2.50.